The maximum absolute atomic E-state index is 10.4. The Morgan fingerprint density at radius 1 is 1.53 bits per heavy atom. The third kappa shape index (κ3) is 1.83. The van der Waals surface area contributed by atoms with Crippen LogP contribution in [-0.2, 0) is 5.60 Å². The van der Waals surface area contributed by atoms with Gasteiger partial charge in [0.25, 0.3) is 0 Å². The topological polar surface area (TPSA) is 55.5 Å². The van der Waals surface area contributed by atoms with Crippen molar-refractivity contribution in [3.8, 4) is 5.75 Å². The molecule has 1 aromatic rings. The van der Waals surface area contributed by atoms with Crippen molar-refractivity contribution in [1.82, 2.24) is 0 Å². The predicted molar refractivity (Wildman–Crippen MR) is 59.1 cm³/mol. The van der Waals surface area contributed by atoms with Crippen molar-refractivity contribution >= 4 is 11.6 Å². The maximum atomic E-state index is 10.4. The molecule has 0 saturated heterocycles. The summed E-state index contributed by atoms with van der Waals surface area (Å²) in [6.45, 7) is 0.753. The van der Waals surface area contributed by atoms with Crippen LogP contribution in [0, 0.1) is 0 Å². The monoisotopic (exact) mass is 227 g/mol. The summed E-state index contributed by atoms with van der Waals surface area (Å²) >= 11 is 6.02. The number of hydrogen-bond acceptors (Lipinski definition) is 3. The zero-order valence-electron chi connectivity index (χ0n) is 8.37. The number of halogens is 1. The highest BCUT2D eigenvalue weighted by Crippen LogP contribution is 2.39. The first-order valence-electron chi connectivity index (χ1n) is 5.01. The van der Waals surface area contributed by atoms with Crippen molar-refractivity contribution in [3.63, 3.8) is 0 Å². The predicted octanol–water partition coefficient (Wildman–Crippen LogP) is 1.66. The van der Waals surface area contributed by atoms with E-state index in [1.165, 1.54) is 0 Å². The highest BCUT2D eigenvalue weighted by Gasteiger charge is 2.33. The van der Waals surface area contributed by atoms with Crippen LogP contribution in [0.1, 0.15) is 18.4 Å². The van der Waals surface area contributed by atoms with Gasteiger partial charge in [-0.2, -0.15) is 0 Å². The van der Waals surface area contributed by atoms with Crippen LogP contribution < -0.4 is 10.5 Å². The molecule has 0 saturated carbocycles. The number of hydrogen-bond donors (Lipinski definition) is 2. The van der Waals surface area contributed by atoms with Crippen LogP contribution in [-0.4, -0.2) is 18.3 Å². The summed E-state index contributed by atoms with van der Waals surface area (Å²) in [4.78, 5) is 0. The second-order valence-electron chi connectivity index (χ2n) is 3.80. The molecule has 0 bridgehead atoms. The van der Waals surface area contributed by atoms with Gasteiger partial charge in [0.1, 0.15) is 11.4 Å². The molecule has 1 atom stereocenters. The fraction of sp³-hybridized carbons (Fsp3) is 0.455. The first kappa shape index (κ1) is 10.7. The Kier molecular flexibility index (Phi) is 2.87. The molecular weight excluding hydrogens is 214 g/mol. The highest BCUT2D eigenvalue weighted by molar-refractivity contribution is 6.32. The van der Waals surface area contributed by atoms with Gasteiger partial charge in [0.05, 0.1) is 11.6 Å². The summed E-state index contributed by atoms with van der Waals surface area (Å²) in [7, 11) is 0. The maximum Gasteiger partial charge on any atom is 0.144 e. The minimum atomic E-state index is -1.00. The molecule has 1 unspecified atom stereocenters. The van der Waals surface area contributed by atoms with Crippen molar-refractivity contribution in [2.45, 2.75) is 18.4 Å². The van der Waals surface area contributed by atoms with Crippen molar-refractivity contribution in [1.29, 1.82) is 0 Å². The lowest BCUT2D eigenvalue weighted by Crippen LogP contribution is -2.34. The average Bonchev–Trinajstić information content (AvgIpc) is 2.41. The number of aliphatic hydroxyl groups is 1. The molecule has 0 aromatic heterocycles. The quantitative estimate of drug-likeness (QED) is 0.767. The summed E-state index contributed by atoms with van der Waals surface area (Å²) in [6, 6.07) is 5.37. The Morgan fingerprint density at radius 2 is 2.33 bits per heavy atom. The third-order valence-corrected chi connectivity index (χ3v) is 3.08. The number of nitrogens with two attached hydrogens (primary N) is 1. The van der Waals surface area contributed by atoms with Gasteiger partial charge in [0.15, 0.2) is 0 Å². The second kappa shape index (κ2) is 4.00. The first-order valence-corrected chi connectivity index (χ1v) is 5.39. The van der Waals surface area contributed by atoms with Crippen molar-refractivity contribution < 1.29 is 9.84 Å². The van der Waals surface area contributed by atoms with Crippen LogP contribution in [0.4, 0.5) is 0 Å². The molecule has 1 heterocycles. The smallest absolute Gasteiger partial charge is 0.144 e. The van der Waals surface area contributed by atoms with Crippen molar-refractivity contribution in [3.05, 3.63) is 28.8 Å². The summed E-state index contributed by atoms with van der Waals surface area (Å²) in [5.41, 5.74) is 5.32. The second-order valence-corrected chi connectivity index (χ2v) is 4.21. The number of para-hydroxylation sites is 1. The first-order chi connectivity index (χ1) is 7.17. The highest BCUT2D eigenvalue weighted by atomic mass is 35.5. The standard InChI is InChI=1S/C11H14ClNO2/c12-9-4-1-3-8-10(9)15-6-2-5-11(8,14)7-13/h1,3-4,14H,2,5-7,13H2. The molecule has 0 radical (unpaired) electrons. The van der Waals surface area contributed by atoms with Gasteiger partial charge in [0.2, 0.25) is 0 Å². The van der Waals surface area contributed by atoms with E-state index in [9.17, 15) is 5.11 Å². The largest absolute Gasteiger partial charge is 0.492 e. The van der Waals surface area contributed by atoms with E-state index in [0.29, 0.717) is 29.4 Å². The zero-order valence-corrected chi connectivity index (χ0v) is 9.13. The number of ether oxygens (including phenoxy) is 1. The van der Waals surface area contributed by atoms with E-state index in [-0.39, 0.29) is 6.54 Å². The van der Waals surface area contributed by atoms with Crippen LogP contribution in [0.3, 0.4) is 0 Å². The molecule has 0 spiro atoms. The fourth-order valence-corrected chi connectivity index (χ4v) is 2.14. The normalized spacial score (nSPS) is 25.3. The molecule has 3 N–H and O–H groups in total. The third-order valence-electron chi connectivity index (χ3n) is 2.79. The van der Waals surface area contributed by atoms with Crippen LogP contribution >= 0.6 is 11.6 Å². The molecular formula is C11H14ClNO2. The van der Waals surface area contributed by atoms with Crippen molar-refractivity contribution in [2.24, 2.45) is 5.73 Å². The Labute approximate surface area is 93.8 Å². The fourth-order valence-electron chi connectivity index (χ4n) is 1.91. The summed E-state index contributed by atoms with van der Waals surface area (Å²) in [6.07, 6.45) is 1.38. The Bertz CT molecular complexity index is 370. The molecule has 3 nitrogen and oxygen atoms in total. The number of rotatable bonds is 1. The van der Waals surface area contributed by atoms with Crippen LogP contribution in [0.15, 0.2) is 18.2 Å². The minimum absolute atomic E-state index is 0.184. The Balaban J connectivity index is 2.55. The van der Waals surface area contributed by atoms with E-state index in [1.807, 2.05) is 6.07 Å². The van der Waals surface area contributed by atoms with Gasteiger partial charge < -0.3 is 15.6 Å². The van der Waals surface area contributed by atoms with Gasteiger partial charge in [-0.1, -0.05) is 23.7 Å². The Hall–Kier alpha value is -0.770. The van der Waals surface area contributed by atoms with Gasteiger partial charge in [-0.25, -0.2) is 0 Å². The molecule has 0 aliphatic carbocycles. The molecule has 82 valence electrons. The van der Waals surface area contributed by atoms with Gasteiger partial charge in [0, 0.05) is 12.1 Å². The van der Waals surface area contributed by atoms with E-state index in [4.69, 9.17) is 22.1 Å². The van der Waals surface area contributed by atoms with E-state index in [0.717, 1.165) is 6.42 Å². The van der Waals surface area contributed by atoms with E-state index in [2.05, 4.69) is 0 Å². The van der Waals surface area contributed by atoms with E-state index >= 15 is 0 Å². The van der Waals surface area contributed by atoms with E-state index < -0.39 is 5.60 Å². The van der Waals surface area contributed by atoms with Gasteiger partial charge in [-0.05, 0) is 18.9 Å². The van der Waals surface area contributed by atoms with Gasteiger partial charge in [-0.15, -0.1) is 0 Å². The summed E-state index contributed by atoms with van der Waals surface area (Å²) in [5, 5.41) is 10.9. The van der Waals surface area contributed by atoms with Gasteiger partial charge in [-0.3, -0.25) is 0 Å². The molecule has 1 aliphatic heterocycles. The number of fused-ring (bicyclic) bond motifs is 1. The molecule has 4 heteroatoms. The van der Waals surface area contributed by atoms with Crippen molar-refractivity contribution in [2.75, 3.05) is 13.2 Å². The molecule has 2 rings (SSSR count). The lowest BCUT2D eigenvalue weighted by Gasteiger charge is -2.26. The minimum Gasteiger partial charge on any atom is -0.492 e. The van der Waals surface area contributed by atoms with Crippen LogP contribution in [0.5, 0.6) is 5.75 Å². The molecule has 15 heavy (non-hydrogen) atoms. The average molecular weight is 228 g/mol. The lowest BCUT2D eigenvalue weighted by atomic mass is 9.89. The summed E-state index contributed by atoms with van der Waals surface area (Å²) in [5.74, 6) is 0.574. The molecule has 1 aliphatic rings. The SMILES string of the molecule is NCC1(O)CCCOc2c(Cl)cccc21. The van der Waals surface area contributed by atoms with Crippen LogP contribution in [0.25, 0.3) is 0 Å². The lowest BCUT2D eigenvalue weighted by molar-refractivity contribution is 0.0374. The van der Waals surface area contributed by atoms with Crippen LogP contribution in [0.2, 0.25) is 5.02 Å². The zero-order chi connectivity index (χ0) is 10.9. The van der Waals surface area contributed by atoms with Gasteiger partial charge >= 0.3 is 0 Å². The molecule has 0 fully saturated rings. The molecule has 0 amide bonds. The number of benzene rings is 1. The molecule has 1 aromatic carbocycles. The Morgan fingerprint density at radius 3 is 3.07 bits per heavy atom. The van der Waals surface area contributed by atoms with E-state index in [1.54, 1.807) is 12.1 Å². The summed E-state index contributed by atoms with van der Waals surface area (Å²) < 4.78 is 5.53.